The van der Waals surface area contributed by atoms with E-state index in [-0.39, 0.29) is 46.8 Å². The maximum absolute atomic E-state index is 13.0. The number of carboxylic acids is 1. The number of aliphatic hydroxyl groups is 1. The Hall–Kier alpha value is -10.5. The molecule has 2 atom stereocenters. The number of nitrogens with zero attached hydrogens (tertiary/aromatic N) is 4. The number of carbonyl (C=O) groups excluding carboxylic acids is 3. The number of amides is 2. The average Bonchev–Trinajstić information content (AvgIpc) is 4.33. The molecule has 0 radical (unpaired) electrons. The molecule has 0 saturated carbocycles. The molecule has 17 heteroatoms. The van der Waals surface area contributed by atoms with Crippen LogP contribution in [0.1, 0.15) is 96.5 Å². The number of rotatable bonds is 17. The molecule has 0 aliphatic heterocycles. The van der Waals surface area contributed by atoms with Crippen LogP contribution in [0.4, 0.5) is 11.4 Å². The van der Waals surface area contributed by atoms with Crippen LogP contribution >= 0.6 is 0 Å². The van der Waals surface area contributed by atoms with Crippen LogP contribution in [-0.2, 0) is 17.8 Å². The van der Waals surface area contributed by atoms with Gasteiger partial charge in [0.05, 0.1) is 39.7 Å². The van der Waals surface area contributed by atoms with Crippen LogP contribution in [0.2, 0.25) is 0 Å². The van der Waals surface area contributed by atoms with Gasteiger partial charge in [0.2, 0.25) is 0 Å². The zero-order valence-electron chi connectivity index (χ0n) is 45.3. The van der Waals surface area contributed by atoms with Gasteiger partial charge in [-0.3, -0.25) is 29.8 Å². The van der Waals surface area contributed by atoms with Crippen molar-refractivity contribution in [1.82, 2.24) is 19.8 Å². The lowest BCUT2D eigenvalue weighted by atomic mass is 9.98. The van der Waals surface area contributed by atoms with E-state index in [0.29, 0.717) is 36.4 Å². The van der Waals surface area contributed by atoms with Gasteiger partial charge < -0.3 is 34.7 Å². The number of esters is 1. The zero-order valence-corrected chi connectivity index (χ0v) is 45.3. The minimum absolute atomic E-state index is 0.00551. The van der Waals surface area contributed by atoms with Gasteiger partial charge in [0, 0.05) is 89.8 Å². The number of fused-ring (bicyclic) bond motifs is 2. The number of nitro benzene ring substituents is 2. The molecule has 0 aliphatic rings. The minimum Gasteiger partial charge on any atom is -0.478 e. The van der Waals surface area contributed by atoms with Crippen molar-refractivity contribution in [3.63, 3.8) is 0 Å². The van der Waals surface area contributed by atoms with Crippen molar-refractivity contribution in [2.75, 3.05) is 13.7 Å². The summed E-state index contributed by atoms with van der Waals surface area (Å²) in [6.07, 6.45) is 3.99. The molecule has 82 heavy (non-hydrogen) atoms. The number of carboxylic acid groups (broad SMARTS) is 1. The number of hydrogen-bond donors (Lipinski definition) is 4. The van der Waals surface area contributed by atoms with E-state index in [9.17, 15) is 44.5 Å². The van der Waals surface area contributed by atoms with Gasteiger partial charge in [0.25, 0.3) is 23.2 Å². The number of aromatic nitrogens is 2. The van der Waals surface area contributed by atoms with Crippen molar-refractivity contribution in [3.05, 3.63) is 271 Å². The molecule has 0 spiro atoms. The molecule has 10 aromatic rings. The van der Waals surface area contributed by atoms with E-state index in [1.807, 2.05) is 123 Å². The molecule has 0 aliphatic carbocycles. The van der Waals surface area contributed by atoms with Crippen molar-refractivity contribution < 1.29 is 44.0 Å². The van der Waals surface area contributed by atoms with Gasteiger partial charge in [-0.15, -0.1) is 0 Å². The van der Waals surface area contributed by atoms with Crippen LogP contribution in [0, 0.1) is 20.2 Å². The summed E-state index contributed by atoms with van der Waals surface area (Å²) in [5, 5.41) is 45.8. The highest BCUT2D eigenvalue weighted by Crippen LogP contribution is 2.30. The summed E-state index contributed by atoms with van der Waals surface area (Å²) in [5.74, 6) is -1.74. The van der Waals surface area contributed by atoms with Crippen LogP contribution in [0.5, 0.6) is 0 Å². The number of ether oxygens (including phenoxy) is 1. The third kappa shape index (κ3) is 13.7. The fourth-order valence-corrected chi connectivity index (χ4v) is 9.49. The first-order valence-corrected chi connectivity index (χ1v) is 26.1. The molecule has 414 valence electrons. The van der Waals surface area contributed by atoms with E-state index in [1.165, 1.54) is 24.3 Å². The smallest absolute Gasteiger partial charge is 0.338 e. The second kappa shape index (κ2) is 26.4. The topological polar surface area (TPSA) is 238 Å². The van der Waals surface area contributed by atoms with E-state index in [0.717, 1.165) is 73.4 Å². The fraction of sp³-hybridized carbons (Fsp3) is 0.138. The fourth-order valence-electron chi connectivity index (χ4n) is 9.49. The number of hydrogen-bond acceptors (Lipinski definition) is 10. The second-order valence-corrected chi connectivity index (χ2v) is 19.0. The summed E-state index contributed by atoms with van der Waals surface area (Å²) in [5.41, 5.74) is 11.6. The predicted molar refractivity (Wildman–Crippen MR) is 315 cm³/mol. The molecule has 10 rings (SSSR count). The second-order valence-electron chi connectivity index (χ2n) is 19.0. The summed E-state index contributed by atoms with van der Waals surface area (Å²) >= 11 is 0. The molecule has 2 aromatic heterocycles. The van der Waals surface area contributed by atoms with Crippen LogP contribution in [-0.4, -0.2) is 66.7 Å². The number of benzene rings is 8. The third-order valence-electron chi connectivity index (χ3n) is 13.8. The highest BCUT2D eigenvalue weighted by atomic mass is 16.6. The minimum atomic E-state index is -0.956. The van der Waals surface area contributed by atoms with Gasteiger partial charge in [-0.25, -0.2) is 9.59 Å². The van der Waals surface area contributed by atoms with Crippen molar-refractivity contribution in [2.24, 2.45) is 0 Å². The van der Waals surface area contributed by atoms with Crippen LogP contribution < -0.4 is 10.6 Å². The SMILES string of the molecule is CCOC(=O)c1ccc(-c2ccccc2Cn2ccc3cc(C(=O)N[C@@H](C)c4ccc([N+](=O)[O-])cc4)ccc32)cc1.CO.C[C@H](NC(=O)c1ccc2c(ccn2Cc2ccccc2-c2ccc(C(=O)O)cc2)c1)c1ccc([N+](=O)[O-])cc1. The predicted octanol–water partition coefficient (Wildman–Crippen LogP) is 13.0. The lowest BCUT2D eigenvalue weighted by Crippen LogP contribution is -2.26. The third-order valence-corrected chi connectivity index (χ3v) is 13.8. The lowest BCUT2D eigenvalue weighted by Gasteiger charge is -2.15. The van der Waals surface area contributed by atoms with Gasteiger partial charge >= 0.3 is 11.9 Å². The molecule has 0 bridgehead atoms. The first kappa shape index (κ1) is 57.6. The Morgan fingerprint density at radius 3 is 1.27 bits per heavy atom. The Balaban J connectivity index is 0.000000209. The van der Waals surface area contributed by atoms with Crippen molar-refractivity contribution in [2.45, 2.75) is 45.9 Å². The van der Waals surface area contributed by atoms with E-state index < -0.39 is 15.8 Å². The van der Waals surface area contributed by atoms with Crippen molar-refractivity contribution in [1.29, 1.82) is 0 Å². The quantitative estimate of drug-likeness (QED) is 0.0380. The monoisotopic (exact) mass is 1100 g/mol. The van der Waals surface area contributed by atoms with E-state index in [2.05, 4.69) is 31.9 Å². The molecular formula is C65H58N6O11. The molecule has 17 nitrogen and oxygen atoms in total. The number of aromatic carboxylic acids is 1. The number of carbonyl (C=O) groups is 4. The Morgan fingerprint density at radius 2 is 0.890 bits per heavy atom. The van der Waals surface area contributed by atoms with Gasteiger partial charge in [-0.05, 0) is 138 Å². The van der Waals surface area contributed by atoms with Gasteiger partial charge in [0.15, 0.2) is 0 Å². The summed E-state index contributed by atoms with van der Waals surface area (Å²) in [6.45, 7) is 7.03. The zero-order chi connectivity index (χ0) is 58.5. The molecule has 8 aromatic carbocycles. The first-order chi connectivity index (χ1) is 39.6. The number of nitrogens with one attached hydrogen (secondary N) is 2. The average molecular weight is 1100 g/mol. The number of nitro groups is 2. The molecule has 4 N–H and O–H groups in total. The maximum atomic E-state index is 13.0. The van der Waals surface area contributed by atoms with Gasteiger partial charge in [0.1, 0.15) is 0 Å². The molecule has 0 fully saturated rings. The summed E-state index contributed by atoms with van der Waals surface area (Å²) in [4.78, 5) is 70.1. The van der Waals surface area contributed by atoms with E-state index in [1.54, 1.807) is 67.6 Å². The Labute approximate surface area is 472 Å². The van der Waals surface area contributed by atoms with Crippen LogP contribution in [0.25, 0.3) is 44.1 Å². The normalized spacial score (nSPS) is 11.5. The largest absolute Gasteiger partial charge is 0.478 e. The highest BCUT2D eigenvalue weighted by molar-refractivity contribution is 5.99. The van der Waals surface area contributed by atoms with Gasteiger partial charge in [-0.1, -0.05) is 97.1 Å². The number of non-ortho nitro benzene ring substituents is 2. The lowest BCUT2D eigenvalue weighted by molar-refractivity contribution is -0.385. The number of aliphatic hydroxyl groups excluding tert-OH is 1. The first-order valence-electron chi connectivity index (χ1n) is 26.1. The molecule has 2 heterocycles. The molecule has 0 saturated heterocycles. The summed E-state index contributed by atoms with van der Waals surface area (Å²) in [6, 6.07) is 57.2. The standard InChI is InChI=1S/C33H29N3O5.C31H25N3O5.CH4O/c1-3-41-33(38)25-10-8-24(9-11-25)30-7-5-4-6-28(30)21-35-19-18-26-20-27(14-17-31(26)35)32(37)34-22(2)23-12-15-29(16-13-23)36(39)40;1-20(21-10-13-27(14-11-21)34(38)39)32-30(35)25-12-15-29-24(18-25)16-17-33(29)19-26-4-2-3-5-28(26)22-6-8-23(9-7-22)31(36)37;1-2/h4-20,22H,3,21H2,1-2H3,(H,34,37);2-18,20H,19H2,1H3,(H,32,35)(H,36,37);2H,1H3/t22-;20-;/m00./s1. The van der Waals surface area contributed by atoms with E-state index >= 15 is 0 Å². The molecular weight excluding hydrogens is 1040 g/mol. The Morgan fingerprint density at radius 1 is 0.512 bits per heavy atom. The summed E-state index contributed by atoms with van der Waals surface area (Å²) in [7, 11) is 1.00. The van der Waals surface area contributed by atoms with Gasteiger partial charge in [-0.2, -0.15) is 0 Å². The Kier molecular flexibility index (Phi) is 18.6. The summed E-state index contributed by atoms with van der Waals surface area (Å²) < 4.78 is 9.35. The van der Waals surface area contributed by atoms with Crippen molar-refractivity contribution >= 4 is 56.9 Å². The molecule has 2 amide bonds. The van der Waals surface area contributed by atoms with Crippen LogP contribution in [0.3, 0.4) is 0 Å². The van der Waals surface area contributed by atoms with Crippen LogP contribution in [0.15, 0.2) is 207 Å². The van der Waals surface area contributed by atoms with E-state index in [4.69, 9.17) is 9.84 Å². The maximum Gasteiger partial charge on any atom is 0.338 e. The molecule has 0 unspecified atom stereocenters. The Bertz CT molecular complexity index is 3930. The highest BCUT2D eigenvalue weighted by Gasteiger charge is 2.18. The van der Waals surface area contributed by atoms with Crippen molar-refractivity contribution in [3.8, 4) is 22.3 Å².